The Morgan fingerprint density at radius 3 is 2.79 bits per heavy atom. The van der Waals surface area contributed by atoms with Gasteiger partial charge < -0.3 is 10.2 Å². The molecule has 0 saturated carbocycles. The van der Waals surface area contributed by atoms with Gasteiger partial charge in [0, 0.05) is 12.6 Å². The molecule has 84 valence electrons. The maximum absolute atomic E-state index is 3.66. The molecule has 1 aliphatic rings. The maximum atomic E-state index is 3.66. The van der Waals surface area contributed by atoms with Gasteiger partial charge in [-0.3, -0.25) is 0 Å². The van der Waals surface area contributed by atoms with Crippen LogP contribution in [0.4, 0.5) is 0 Å². The van der Waals surface area contributed by atoms with Crippen LogP contribution < -0.4 is 5.32 Å². The highest BCUT2D eigenvalue weighted by molar-refractivity contribution is 4.74. The summed E-state index contributed by atoms with van der Waals surface area (Å²) in [5.41, 5.74) is 0. The molecule has 0 bridgehead atoms. The SMILES string of the molecule is CCCN(CC)CC1CCCCCN1. The fraction of sp³-hybridized carbons (Fsp3) is 1.00. The van der Waals surface area contributed by atoms with E-state index in [9.17, 15) is 0 Å². The fourth-order valence-electron chi connectivity index (χ4n) is 2.26. The van der Waals surface area contributed by atoms with E-state index < -0.39 is 0 Å². The highest BCUT2D eigenvalue weighted by atomic mass is 15.1. The molecule has 1 heterocycles. The van der Waals surface area contributed by atoms with Gasteiger partial charge in [0.25, 0.3) is 0 Å². The van der Waals surface area contributed by atoms with Gasteiger partial charge in [-0.25, -0.2) is 0 Å². The normalized spacial score (nSPS) is 23.8. The number of nitrogens with one attached hydrogen (secondary N) is 1. The molecular formula is C12H26N2. The Morgan fingerprint density at radius 2 is 2.07 bits per heavy atom. The van der Waals surface area contributed by atoms with Crippen LogP contribution in [0.2, 0.25) is 0 Å². The smallest absolute Gasteiger partial charge is 0.0195 e. The Labute approximate surface area is 89.1 Å². The molecular weight excluding hydrogens is 172 g/mol. The molecule has 0 amide bonds. The quantitative estimate of drug-likeness (QED) is 0.729. The highest BCUT2D eigenvalue weighted by Crippen LogP contribution is 2.09. The third-order valence-electron chi connectivity index (χ3n) is 3.13. The van der Waals surface area contributed by atoms with E-state index in [1.807, 2.05) is 0 Å². The van der Waals surface area contributed by atoms with Gasteiger partial charge in [-0.2, -0.15) is 0 Å². The van der Waals surface area contributed by atoms with Crippen molar-refractivity contribution in [1.29, 1.82) is 0 Å². The first kappa shape index (κ1) is 12.0. The van der Waals surface area contributed by atoms with Crippen LogP contribution in [0.5, 0.6) is 0 Å². The van der Waals surface area contributed by atoms with Crippen molar-refractivity contribution in [2.45, 2.75) is 52.0 Å². The Balaban J connectivity index is 2.24. The van der Waals surface area contributed by atoms with E-state index in [0.29, 0.717) is 0 Å². The van der Waals surface area contributed by atoms with E-state index in [0.717, 1.165) is 6.04 Å². The van der Waals surface area contributed by atoms with Gasteiger partial charge in [-0.15, -0.1) is 0 Å². The van der Waals surface area contributed by atoms with Crippen LogP contribution in [0.3, 0.4) is 0 Å². The molecule has 1 unspecified atom stereocenters. The molecule has 1 aliphatic heterocycles. The third kappa shape index (κ3) is 4.43. The number of likely N-dealkylation sites (N-methyl/N-ethyl adjacent to an activating group) is 1. The second-order valence-electron chi connectivity index (χ2n) is 4.39. The second-order valence-corrected chi connectivity index (χ2v) is 4.39. The van der Waals surface area contributed by atoms with Crippen LogP contribution in [0.15, 0.2) is 0 Å². The van der Waals surface area contributed by atoms with Crippen LogP contribution in [-0.4, -0.2) is 37.1 Å². The first-order valence-corrected chi connectivity index (χ1v) is 6.32. The van der Waals surface area contributed by atoms with Gasteiger partial charge in [0.2, 0.25) is 0 Å². The lowest BCUT2D eigenvalue weighted by Gasteiger charge is -2.25. The second kappa shape index (κ2) is 7.24. The summed E-state index contributed by atoms with van der Waals surface area (Å²) in [6.07, 6.45) is 6.86. The molecule has 0 aliphatic carbocycles. The Hall–Kier alpha value is -0.0800. The zero-order valence-corrected chi connectivity index (χ0v) is 9.89. The van der Waals surface area contributed by atoms with Gasteiger partial charge in [-0.1, -0.05) is 26.7 Å². The minimum atomic E-state index is 0.754. The number of nitrogens with zero attached hydrogens (tertiary/aromatic N) is 1. The van der Waals surface area contributed by atoms with E-state index in [2.05, 4.69) is 24.1 Å². The summed E-state index contributed by atoms with van der Waals surface area (Å²) in [5.74, 6) is 0. The number of hydrogen-bond acceptors (Lipinski definition) is 2. The van der Waals surface area contributed by atoms with Crippen molar-refractivity contribution in [2.24, 2.45) is 0 Å². The van der Waals surface area contributed by atoms with E-state index in [1.54, 1.807) is 0 Å². The van der Waals surface area contributed by atoms with Crippen molar-refractivity contribution >= 4 is 0 Å². The molecule has 14 heavy (non-hydrogen) atoms. The number of rotatable bonds is 5. The molecule has 1 fully saturated rings. The zero-order valence-electron chi connectivity index (χ0n) is 9.89. The van der Waals surface area contributed by atoms with Crippen molar-refractivity contribution in [3.8, 4) is 0 Å². The lowest BCUT2D eigenvalue weighted by molar-refractivity contribution is 0.250. The molecule has 0 spiro atoms. The first-order valence-electron chi connectivity index (χ1n) is 6.32. The topological polar surface area (TPSA) is 15.3 Å². The monoisotopic (exact) mass is 198 g/mol. The molecule has 1 N–H and O–H groups in total. The summed E-state index contributed by atoms with van der Waals surface area (Å²) in [5, 5.41) is 3.66. The van der Waals surface area contributed by atoms with Gasteiger partial charge in [0.05, 0.1) is 0 Å². The predicted octanol–water partition coefficient (Wildman–Crippen LogP) is 2.25. The van der Waals surface area contributed by atoms with E-state index >= 15 is 0 Å². The average Bonchev–Trinajstić information content (AvgIpc) is 2.45. The Bertz CT molecular complexity index is 128. The Kier molecular flexibility index (Phi) is 6.20. The molecule has 2 nitrogen and oxygen atoms in total. The van der Waals surface area contributed by atoms with E-state index in [1.165, 1.54) is 58.3 Å². The minimum absolute atomic E-state index is 0.754. The first-order chi connectivity index (χ1) is 6.86. The number of hydrogen-bond donors (Lipinski definition) is 1. The van der Waals surface area contributed by atoms with Crippen LogP contribution in [-0.2, 0) is 0 Å². The van der Waals surface area contributed by atoms with Crippen molar-refractivity contribution < 1.29 is 0 Å². The standard InChI is InChI=1S/C12H26N2/c1-3-10-14(4-2)11-12-8-6-5-7-9-13-12/h12-13H,3-11H2,1-2H3. The maximum Gasteiger partial charge on any atom is 0.0195 e. The van der Waals surface area contributed by atoms with Crippen LogP contribution in [0.25, 0.3) is 0 Å². The summed E-state index contributed by atoms with van der Waals surface area (Å²) in [6, 6.07) is 0.754. The molecule has 1 saturated heterocycles. The molecule has 0 aromatic rings. The summed E-state index contributed by atoms with van der Waals surface area (Å²) in [4.78, 5) is 2.57. The zero-order chi connectivity index (χ0) is 10.2. The molecule has 0 aromatic heterocycles. The minimum Gasteiger partial charge on any atom is -0.313 e. The predicted molar refractivity (Wildman–Crippen MR) is 62.7 cm³/mol. The lowest BCUT2D eigenvalue weighted by Crippen LogP contribution is -2.40. The van der Waals surface area contributed by atoms with Gasteiger partial charge in [0.15, 0.2) is 0 Å². The van der Waals surface area contributed by atoms with Gasteiger partial charge >= 0.3 is 0 Å². The van der Waals surface area contributed by atoms with Crippen molar-refractivity contribution in [1.82, 2.24) is 10.2 Å². The summed E-state index contributed by atoms with van der Waals surface area (Å²) in [6.45, 7) is 9.48. The van der Waals surface area contributed by atoms with Crippen LogP contribution in [0, 0.1) is 0 Å². The molecule has 0 radical (unpaired) electrons. The van der Waals surface area contributed by atoms with Gasteiger partial charge in [-0.05, 0) is 38.9 Å². The average molecular weight is 198 g/mol. The van der Waals surface area contributed by atoms with Crippen LogP contribution >= 0.6 is 0 Å². The van der Waals surface area contributed by atoms with E-state index in [-0.39, 0.29) is 0 Å². The highest BCUT2D eigenvalue weighted by Gasteiger charge is 2.13. The fourth-order valence-corrected chi connectivity index (χ4v) is 2.26. The largest absolute Gasteiger partial charge is 0.313 e. The summed E-state index contributed by atoms with van der Waals surface area (Å²) < 4.78 is 0. The lowest BCUT2D eigenvalue weighted by atomic mass is 10.1. The molecule has 0 aromatic carbocycles. The molecule has 1 atom stereocenters. The van der Waals surface area contributed by atoms with Crippen LogP contribution in [0.1, 0.15) is 46.0 Å². The van der Waals surface area contributed by atoms with Gasteiger partial charge in [0.1, 0.15) is 0 Å². The molecule has 2 heteroatoms. The van der Waals surface area contributed by atoms with Crippen molar-refractivity contribution in [3.63, 3.8) is 0 Å². The molecule has 1 rings (SSSR count). The van der Waals surface area contributed by atoms with Crippen molar-refractivity contribution in [3.05, 3.63) is 0 Å². The summed E-state index contributed by atoms with van der Waals surface area (Å²) >= 11 is 0. The van der Waals surface area contributed by atoms with E-state index in [4.69, 9.17) is 0 Å². The third-order valence-corrected chi connectivity index (χ3v) is 3.13. The van der Waals surface area contributed by atoms with Crippen molar-refractivity contribution in [2.75, 3.05) is 26.2 Å². The Morgan fingerprint density at radius 1 is 1.21 bits per heavy atom. The summed E-state index contributed by atoms with van der Waals surface area (Å²) in [7, 11) is 0.